The van der Waals surface area contributed by atoms with Crippen LogP contribution in [0.3, 0.4) is 0 Å². The van der Waals surface area contributed by atoms with Crippen LogP contribution in [0.15, 0.2) is 35.4 Å². The lowest BCUT2D eigenvalue weighted by atomic mass is 9.85. The summed E-state index contributed by atoms with van der Waals surface area (Å²) in [5.74, 6) is -5.70. The first kappa shape index (κ1) is 32.7. The number of ether oxygens (including phenoxy) is 1. The first-order chi connectivity index (χ1) is 21.1. The summed E-state index contributed by atoms with van der Waals surface area (Å²) in [7, 11) is -3.13. The molecule has 5 rings (SSSR count). The number of pyridine rings is 1. The molecule has 0 bridgehead atoms. The number of amides is 1. The Labute approximate surface area is 259 Å². The van der Waals surface area contributed by atoms with Gasteiger partial charge in [-0.15, -0.1) is 0 Å². The lowest BCUT2D eigenvalue weighted by Gasteiger charge is -2.37. The Morgan fingerprint density at radius 2 is 1.78 bits per heavy atom. The maximum absolute atomic E-state index is 15.9. The van der Waals surface area contributed by atoms with Crippen molar-refractivity contribution in [2.45, 2.75) is 76.9 Å². The second kappa shape index (κ2) is 12.3. The fourth-order valence-electron chi connectivity index (χ4n) is 6.05. The second-order valence-corrected chi connectivity index (χ2v) is 15.2. The third kappa shape index (κ3) is 7.10. The highest BCUT2D eigenvalue weighted by Gasteiger charge is 2.46. The number of fused-ring (bicyclic) bond motifs is 1. The molecule has 1 aromatic carbocycles. The normalized spacial score (nSPS) is 19.0. The lowest BCUT2D eigenvalue weighted by Crippen LogP contribution is -2.44. The van der Waals surface area contributed by atoms with Crippen molar-refractivity contribution in [1.82, 2.24) is 19.9 Å². The van der Waals surface area contributed by atoms with E-state index in [0.29, 0.717) is 23.8 Å². The van der Waals surface area contributed by atoms with Gasteiger partial charge in [-0.1, -0.05) is 18.2 Å². The van der Waals surface area contributed by atoms with Gasteiger partial charge in [0.25, 0.3) is 11.5 Å². The summed E-state index contributed by atoms with van der Waals surface area (Å²) >= 11 is 0. The van der Waals surface area contributed by atoms with Crippen molar-refractivity contribution in [1.29, 1.82) is 0 Å². The molecule has 0 aliphatic carbocycles. The molecule has 14 heteroatoms. The molecule has 1 amide bonds. The van der Waals surface area contributed by atoms with E-state index in [1.165, 1.54) is 23.4 Å². The van der Waals surface area contributed by atoms with Gasteiger partial charge in [-0.25, -0.2) is 36.4 Å². The third-order valence-corrected chi connectivity index (χ3v) is 10.3. The van der Waals surface area contributed by atoms with Gasteiger partial charge >= 0.3 is 6.09 Å². The molecule has 0 spiro atoms. The molecule has 45 heavy (non-hydrogen) atoms. The molecule has 2 saturated heterocycles. The summed E-state index contributed by atoms with van der Waals surface area (Å²) in [6.45, 7) is 6.97. The summed E-state index contributed by atoms with van der Waals surface area (Å²) in [5, 5.41) is 3.52. The summed E-state index contributed by atoms with van der Waals surface area (Å²) < 4.78 is 76.6. The van der Waals surface area contributed by atoms with E-state index >= 15 is 13.2 Å². The van der Waals surface area contributed by atoms with Crippen molar-refractivity contribution in [3.8, 4) is 0 Å². The van der Waals surface area contributed by atoms with E-state index in [-0.39, 0.29) is 65.9 Å². The molecule has 0 unspecified atom stereocenters. The molecule has 2 aliphatic heterocycles. The van der Waals surface area contributed by atoms with Gasteiger partial charge in [-0.3, -0.25) is 4.79 Å². The van der Waals surface area contributed by atoms with Crippen molar-refractivity contribution in [2.24, 2.45) is 5.92 Å². The molecule has 2 fully saturated rings. The number of likely N-dealkylation sites (tertiary alicyclic amines) is 1. The Kier molecular flexibility index (Phi) is 8.91. The van der Waals surface area contributed by atoms with E-state index in [1.54, 1.807) is 33.8 Å². The zero-order valence-electron chi connectivity index (χ0n) is 25.7. The Balaban J connectivity index is 1.35. The van der Waals surface area contributed by atoms with Crippen molar-refractivity contribution >= 4 is 32.8 Å². The summed E-state index contributed by atoms with van der Waals surface area (Å²) in [6, 6.07) is 4.73. The van der Waals surface area contributed by atoms with Crippen LogP contribution in [0.1, 0.15) is 82.0 Å². The number of rotatable bonds is 6. The number of nitrogens with zero attached hydrogens (tertiary/aromatic N) is 3. The van der Waals surface area contributed by atoms with E-state index in [1.807, 2.05) is 0 Å². The van der Waals surface area contributed by atoms with Crippen LogP contribution in [-0.2, 0) is 20.5 Å². The summed E-state index contributed by atoms with van der Waals surface area (Å²) in [4.78, 5) is 37.8. The molecule has 244 valence electrons. The highest BCUT2D eigenvalue weighted by Crippen LogP contribution is 2.44. The fraction of sp³-hybridized carbons (Fsp3) is 0.548. The monoisotopic (exact) mass is 649 g/mol. The Bertz CT molecular complexity index is 1740. The number of aromatic amines is 1. The van der Waals surface area contributed by atoms with Crippen molar-refractivity contribution < 1.29 is 31.1 Å². The molecule has 1 atom stereocenters. The molecular weight excluding hydrogens is 611 g/mol. The van der Waals surface area contributed by atoms with Crippen LogP contribution >= 0.6 is 0 Å². The Morgan fingerprint density at radius 1 is 1.11 bits per heavy atom. The van der Waals surface area contributed by atoms with E-state index in [9.17, 15) is 18.0 Å². The highest BCUT2D eigenvalue weighted by molar-refractivity contribution is 7.91. The molecule has 0 saturated carbocycles. The lowest BCUT2D eigenvalue weighted by molar-refractivity contribution is -0.0885. The number of hydrogen-bond acceptors (Lipinski definition) is 8. The molecule has 2 N–H and O–H groups in total. The van der Waals surface area contributed by atoms with Gasteiger partial charge in [0.1, 0.15) is 39.0 Å². The number of hydrogen-bond donors (Lipinski definition) is 2. The van der Waals surface area contributed by atoms with E-state index in [2.05, 4.69) is 20.3 Å². The zero-order valence-corrected chi connectivity index (χ0v) is 26.5. The van der Waals surface area contributed by atoms with Gasteiger partial charge in [0, 0.05) is 30.1 Å². The molecule has 0 radical (unpaired) electrons. The number of sulfone groups is 1. The number of H-pyrrole nitrogens is 1. The van der Waals surface area contributed by atoms with Crippen LogP contribution < -0.4 is 10.9 Å². The minimum Gasteiger partial charge on any atom is -0.444 e. The molecule has 4 heterocycles. The van der Waals surface area contributed by atoms with Gasteiger partial charge < -0.3 is 19.9 Å². The second-order valence-electron chi connectivity index (χ2n) is 12.9. The third-order valence-electron chi connectivity index (χ3n) is 8.54. The number of piperidine rings is 1. The van der Waals surface area contributed by atoms with Gasteiger partial charge in [0.05, 0.1) is 28.5 Å². The van der Waals surface area contributed by atoms with Crippen LogP contribution in [0, 0.1) is 11.7 Å². The van der Waals surface area contributed by atoms with Crippen LogP contribution in [0.2, 0.25) is 0 Å². The molecule has 3 aromatic rings. The summed E-state index contributed by atoms with van der Waals surface area (Å²) in [5.41, 5.74) is -1.14. The number of alkyl halides is 2. The molecule has 2 aromatic heterocycles. The first-order valence-electron chi connectivity index (χ1n) is 15.1. The van der Waals surface area contributed by atoms with Crippen molar-refractivity contribution in [3.63, 3.8) is 0 Å². The minimum atomic E-state index is -3.48. The van der Waals surface area contributed by atoms with Gasteiger partial charge in [-0.2, -0.15) is 0 Å². The average molecular weight is 650 g/mol. The van der Waals surface area contributed by atoms with Crippen LogP contribution in [-0.4, -0.2) is 64.6 Å². The maximum Gasteiger partial charge on any atom is 0.410 e. The van der Waals surface area contributed by atoms with E-state index in [4.69, 9.17) is 4.74 Å². The number of nitrogens with one attached hydrogen (secondary N) is 2. The van der Waals surface area contributed by atoms with Crippen LogP contribution in [0.4, 0.5) is 23.8 Å². The SMILES string of the molecule is C[C@@H](Nc1ncnc2[nH]c(=O)c(C3CCS(=O)(=O)CC3)cc12)c1cccc(C(F)(F)C2CCN(C(=O)OC(C)(C)C)CC2)c1F. The fourth-order valence-corrected chi connectivity index (χ4v) is 7.54. The number of anilines is 1. The number of benzene rings is 1. The van der Waals surface area contributed by atoms with Gasteiger partial charge in [0.2, 0.25) is 0 Å². The topological polar surface area (TPSA) is 134 Å². The number of carbonyl (C=O) groups is 1. The van der Waals surface area contributed by atoms with Crippen LogP contribution in [0.25, 0.3) is 11.0 Å². The van der Waals surface area contributed by atoms with E-state index in [0.717, 1.165) is 6.07 Å². The minimum absolute atomic E-state index is 0.00673. The standard InChI is InChI=1S/C31H38F3N5O5S/c1-18(37-26-23-16-22(19-10-14-45(42,43)15-11-19)28(40)38-27(23)36-17-35-26)21-6-5-7-24(25(21)32)31(33,34)20-8-12-39(13-9-20)29(41)44-30(2,3)4/h5-7,16-20H,8-15H2,1-4H3,(H2,35,36,37,38,40)/t18-/m1/s1. The highest BCUT2D eigenvalue weighted by atomic mass is 32.2. The molecular formula is C31H38F3N5O5S. The Hall–Kier alpha value is -3.68. The van der Waals surface area contributed by atoms with Crippen molar-refractivity contribution in [3.05, 3.63) is 63.5 Å². The Morgan fingerprint density at radius 3 is 2.42 bits per heavy atom. The predicted molar refractivity (Wildman–Crippen MR) is 164 cm³/mol. The zero-order chi connectivity index (χ0) is 32.7. The van der Waals surface area contributed by atoms with Gasteiger partial charge in [0.15, 0.2) is 0 Å². The van der Waals surface area contributed by atoms with Gasteiger partial charge in [-0.05, 0) is 65.4 Å². The number of aromatic nitrogens is 3. The summed E-state index contributed by atoms with van der Waals surface area (Å²) in [6.07, 6.45) is 1.28. The van der Waals surface area contributed by atoms with E-state index < -0.39 is 50.8 Å². The number of halogens is 3. The van der Waals surface area contributed by atoms with Crippen LogP contribution in [0.5, 0.6) is 0 Å². The first-order valence-corrected chi connectivity index (χ1v) is 16.9. The largest absolute Gasteiger partial charge is 0.444 e. The quantitative estimate of drug-likeness (QED) is 0.350. The molecule has 2 aliphatic rings. The number of carbonyl (C=O) groups excluding carboxylic acids is 1. The van der Waals surface area contributed by atoms with Crippen molar-refractivity contribution in [2.75, 3.05) is 29.9 Å². The average Bonchev–Trinajstić information content (AvgIpc) is 2.96. The predicted octanol–water partition coefficient (Wildman–Crippen LogP) is 5.66. The maximum atomic E-state index is 15.9. The molecule has 10 nitrogen and oxygen atoms in total. The smallest absolute Gasteiger partial charge is 0.410 e.